The number of furan rings is 1. The summed E-state index contributed by atoms with van der Waals surface area (Å²) >= 11 is 0. The van der Waals surface area contributed by atoms with Crippen molar-refractivity contribution in [2.24, 2.45) is 0 Å². The Labute approximate surface area is 472 Å². The Hall–Kier alpha value is -8.37. The molecule has 0 fully saturated rings. The predicted octanol–water partition coefficient (Wildman–Crippen LogP) is 17.4. The zero-order valence-electron chi connectivity index (χ0n) is 48.6. The fourth-order valence-electron chi connectivity index (χ4n) is 10.6. The molecule has 13 rings (SSSR count). The molecule has 13 aromatic rings. The van der Waals surface area contributed by atoms with Crippen LogP contribution < -0.4 is 4.57 Å². The van der Waals surface area contributed by atoms with Crippen molar-refractivity contribution in [2.45, 2.75) is 58.8 Å². The van der Waals surface area contributed by atoms with Crippen LogP contribution >= 0.6 is 0 Å². The smallest absolute Gasteiger partial charge is 0.268 e. The molecule has 9 aromatic carbocycles. The second-order valence-corrected chi connectivity index (χ2v) is 21.8. The fraction of sp³-hybridized carbons (Fsp3) is 0.127. The molecule has 0 spiro atoms. The van der Waals surface area contributed by atoms with Gasteiger partial charge in [0.25, 0.3) is 6.33 Å². The van der Waals surface area contributed by atoms with Crippen LogP contribution in [-0.2, 0) is 38.3 Å². The molecule has 0 bridgehead atoms. The molecular weight excluding hydrogens is 1120 g/mol. The van der Waals surface area contributed by atoms with Crippen LogP contribution in [0.5, 0.6) is 0 Å². The van der Waals surface area contributed by atoms with E-state index in [4.69, 9.17) is 16.3 Å². The van der Waals surface area contributed by atoms with E-state index in [0.29, 0.717) is 12.0 Å². The number of aromatic nitrogens is 4. The van der Waals surface area contributed by atoms with Gasteiger partial charge in [0.05, 0.1) is 36.0 Å². The van der Waals surface area contributed by atoms with Crippen LogP contribution in [0.2, 0.25) is 0 Å². The van der Waals surface area contributed by atoms with Gasteiger partial charge in [0, 0.05) is 32.0 Å². The third-order valence-corrected chi connectivity index (χ3v) is 14.6. The van der Waals surface area contributed by atoms with Gasteiger partial charge in [-0.2, -0.15) is 53.6 Å². The minimum Gasteiger partial charge on any atom is -0.463 e. The number of benzene rings is 9. The quantitative estimate of drug-likeness (QED) is 0.107. The molecule has 0 saturated heterocycles. The summed E-state index contributed by atoms with van der Waals surface area (Å²) < 4.78 is 56.0. The van der Waals surface area contributed by atoms with Gasteiger partial charge in [0.15, 0.2) is 5.58 Å². The van der Waals surface area contributed by atoms with Gasteiger partial charge in [-0.3, -0.25) is 4.57 Å². The molecule has 0 saturated carbocycles. The van der Waals surface area contributed by atoms with Gasteiger partial charge >= 0.3 is 0 Å². The maximum atomic E-state index is 9.10. The van der Waals surface area contributed by atoms with E-state index in [2.05, 4.69) is 219 Å². The molecule has 77 heavy (non-hydrogen) atoms. The predicted molar refractivity (Wildman–Crippen MR) is 312 cm³/mol. The summed E-state index contributed by atoms with van der Waals surface area (Å²) in [7, 11) is 0. The number of nitrogens with zero attached hydrogens (tertiary/aromatic N) is 4. The molecule has 6 heteroatoms. The largest absolute Gasteiger partial charge is 0.463 e. The second kappa shape index (κ2) is 19.6. The normalized spacial score (nSPS) is 12.9. The molecule has 4 aromatic heterocycles. The molecule has 0 amide bonds. The van der Waals surface area contributed by atoms with E-state index in [0.717, 1.165) is 111 Å². The van der Waals surface area contributed by atoms with E-state index in [1.165, 1.54) is 5.56 Å². The van der Waals surface area contributed by atoms with Crippen molar-refractivity contribution in [2.75, 3.05) is 0 Å². The van der Waals surface area contributed by atoms with Crippen molar-refractivity contribution >= 4 is 43.8 Å². The Kier molecular flexibility index (Phi) is 11.2. The maximum absolute atomic E-state index is 9.10. The van der Waals surface area contributed by atoms with Crippen molar-refractivity contribution in [1.82, 2.24) is 14.1 Å². The minimum atomic E-state index is -0.424. The van der Waals surface area contributed by atoms with Crippen molar-refractivity contribution in [3.63, 3.8) is 0 Å². The van der Waals surface area contributed by atoms with Crippen molar-refractivity contribution in [3.05, 3.63) is 259 Å². The van der Waals surface area contributed by atoms with Gasteiger partial charge in [-0.15, -0.1) is 5.39 Å². The number of rotatable bonds is 9. The van der Waals surface area contributed by atoms with E-state index in [1.54, 1.807) is 12.5 Å². The van der Waals surface area contributed by atoms with Crippen LogP contribution in [0.1, 0.15) is 70.7 Å². The van der Waals surface area contributed by atoms with Crippen LogP contribution in [0.3, 0.4) is 0 Å². The van der Waals surface area contributed by atoms with Crippen LogP contribution in [0, 0.1) is 18.5 Å². The maximum Gasteiger partial charge on any atom is 0.268 e. The molecular formula is C71H56N4OPt-2. The van der Waals surface area contributed by atoms with Gasteiger partial charge in [0.1, 0.15) is 5.82 Å². The topological polar surface area (TPSA) is 39.8 Å². The molecule has 0 aliphatic carbocycles. The standard InChI is InChI=1S/C71H56N4O.Pt/c1-70(2,3)56-32-30-50(31-33-56)51-20-15-21-52(40-51)59-24-16-25-60(55-41-54(49-18-8-7-9-19-49)42-57(43-55)71(4,5)6)69(59)74-46-73(64-27-12-13-28-65(64)74)58-22-14-17-47(38-58)37-48-29-34-62-61-23-10-11-26-63(61)75(66(62)39-48)68-44-53-35-36-76-67(53)45-72-68;/h7-36,40-45H,37H2,1-6H3;/q-2;/i7D,8D,9D,18D,19D;. The third-order valence-electron chi connectivity index (χ3n) is 14.6. The molecule has 5 nitrogen and oxygen atoms in total. The number of imidazole rings is 1. The van der Waals surface area contributed by atoms with Gasteiger partial charge in [-0.1, -0.05) is 193 Å². The Balaban J connectivity index is 0.00000665. The van der Waals surface area contributed by atoms with Gasteiger partial charge in [-0.25, -0.2) is 4.98 Å². The van der Waals surface area contributed by atoms with E-state index in [-0.39, 0.29) is 61.6 Å². The SMILES string of the molecule is [2H]c1c([2H])c([2H])c(-c2cc(-c3cccc(-c4cccc(-c5ccc(C(C)(C)C)cc5)c4)c3-[n+]3[c-]n(-c4[c-]c(Cc5[c-]c6c(cc5)c5ccccc5n6-c5cc6ccoc6cn5)ccc4)c4ccccc43)cc(C(C)(C)C)c2)c([2H])c1[2H].[Pt]. The zero-order chi connectivity index (χ0) is 56.1. The summed E-state index contributed by atoms with van der Waals surface area (Å²) in [6, 6.07) is 67.2. The van der Waals surface area contributed by atoms with Crippen LogP contribution in [-0.4, -0.2) is 14.1 Å². The average molecular weight is 1180 g/mol. The summed E-state index contributed by atoms with van der Waals surface area (Å²) in [5.74, 6) is 0.792. The Morgan fingerprint density at radius 2 is 1.25 bits per heavy atom. The average Bonchev–Trinajstić information content (AvgIpc) is 4.26. The van der Waals surface area contributed by atoms with Crippen LogP contribution in [0.15, 0.2) is 223 Å². The summed E-state index contributed by atoms with van der Waals surface area (Å²) in [6.07, 6.45) is 7.89. The number of hydrogen-bond acceptors (Lipinski definition) is 2. The van der Waals surface area contributed by atoms with Crippen molar-refractivity contribution < 1.29 is 36.9 Å². The number of para-hydroxylation sites is 4. The number of pyridine rings is 1. The molecule has 378 valence electrons. The third kappa shape index (κ3) is 9.23. The number of fused-ring (bicyclic) bond motifs is 5. The Morgan fingerprint density at radius 3 is 2.05 bits per heavy atom. The van der Waals surface area contributed by atoms with Gasteiger partial charge in [0.2, 0.25) is 0 Å². The first-order valence-corrected chi connectivity index (χ1v) is 25.8. The fourth-order valence-corrected chi connectivity index (χ4v) is 10.6. The van der Waals surface area contributed by atoms with E-state index in [9.17, 15) is 0 Å². The molecule has 0 N–H and O–H groups in total. The molecule has 0 radical (unpaired) electrons. The van der Waals surface area contributed by atoms with E-state index in [1.807, 2.05) is 30.3 Å². The molecule has 0 aliphatic rings. The van der Waals surface area contributed by atoms with E-state index < -0.39 is 6.04 Å². The number of hydrogen-bond donors (Lipinski definition) is 0. The summed E-state index contributed by atoms with van der Waals surface area (Å²) in [5.41, 5.74) is 16.6. The van der Waals surface area contributed by atoms with Crippen LogP contribution in [0.25, 0.3) is 106 Å². The minimum absolute atomic E-state index is 0. The first-order chi connectivity index (χ1) is 39.0. The summed E-state index contributed by atoms with van der Waals surface area (Å²) in [6.45, 7) is 13.1. The Morgan fingerprint density at radius 1 is 0.558 bits per heavy atom. The Bertz CT molecular complexity index is 4630. The monoisotopic (exact) mass is 1180 g/mol. The van der Waals surface area contributed by atoms with Gasteiger partial charge in [-0.05, 0) is 114 Å². The zero-order valence-corrected chi connectivity index (χ0v) is 45.9. The van der Waals surface area contributed by atoms with Gasteiger partial charge < -0.3 is 13.6 Å². The van der Waals surface area contributed by atoms with E-state index >= 15 is 0 Å². The molecule has 0 unspecified atom stereocenters. The summed E-state index contributed by atoms with van der Waals surface area (Å²) in [5, 5.41) is 3.20. The first-order valence-electron chi connectivity index (χ1n) is 28.3. The van der Waals surface area contributed by atoms with Crippen molar-refractivity contribution in [3.8, 4) is 61.7 Å². The van der Waals surface area contributed by atoms with Crippen molar-refractivity contribution in [1.29, 1.82) is 0 Å². The summed E-state index contributed by atoms with van der Waals surface area (Å²) in [4.78, 5) is 4.85. The first kappa shape index (κ1) is 43.8. The molecule has 4 heterocycles. The molecule has 0 atom stereocenters. The second-order valence-electron chi connectivity index (χ2n) is 21.8. The van der Waals surface area contributed by atoms with Crippen LogP contribution in [0.4, 0.5) is 0 Å². The molecule has 0 aliphatic heterocycles.